The standard InChI is InChI=1S/C20H27N5O2/c1-22-18-5-4-15(13-17(18)21-20(22)24-9-11-27-12-10-24)19(26)25-8-7-23-6-2-3-16(23)14-25/h4-5,13,16H,2-3,6-12,14H2,1H3/t16-/m0/s1. The molecule has 1 atom stereocenters. The molecule has 0 aliphatic carbocycles. The molecule has 2 aromatic rings. The molecule has 3 saturated heterocycles. The topological polar surface area (TPSA) is 53.8 Å². The van der Waals surface area contributed by atoms with Crippen LogP contribution in [0.5, 0.6) is 0 Å². The molecule has 1 aromatic heterocycles. The molecule has 0 radical (unpaired) electrons. The first-order chi connectivity index (χ1) is 13.2. The number of piperazine rings is 1. The van der Waals surface area contributed by atoms with E-state index in [1.807, 2.05) is 30.1 Å². The van der Waals surface area contributed by atoms with Crippen molar-refractivity contribution in [2.24, 2.45) is 7.05 Å². The number of imidazole rings is 1. The van der Waals surface area contributed by atoms with E-state index in [0.717, 1.165) is 68.5 Å². The number of amides is 1. The summed E-state index contributed by atoms with van der Waals surface area (Å²) >= 11 is 0. The van der Waals surface area contributed by atoms with Gasteiger partial charge in [0.2, 0.25) is 5.95 Å². The van der Waals surface area contributed by atoms with Crippen LogP contribution in [0.15, 0.2) is 18.2 Å². The Morgan fingerprint density at radius 2 is 2.00 bits per heavy atom. The second kappa shape index (κ2) is 6.80. The number of aromatic nitrogens is 2. The molecule has 1 amide bonds. The van der Waals surface area contributed by atoms with Crippen LogP contribution in [0.1, 0.15) is 23.2 Å². The fraction of sp³-hybridized carbons (Fsp3) is 0.600. The number of fused-ring (bicyclic) bond motifs is 2. The number of aryl methyl sites for hydroxylation is 1. The van der Waals surface area contributed by atoms with Crippen LogP contribution in [-0.4, -0.2) is 83.8 Å². The third kappa shape index (κ3) is 2.99. The Labute approximate surface area is 159 Å². The number of nitrogens with zero attached hydrogens (tertiary/aromatic N) is 5. The number of carbonyl (C=O) groups excluding carboxylic acids is 1. The van der Waals surface area contributed by atoms with Crippen molar-refractivity contribution < 1.29 is 9.53 Å². The van der Waals surface area contributed by atoms with E-state index in [2.05, 4.69) is 14.4 Å². The summed E-state index contributed by atoms with van der Waals surface area (Å²) in [4.78, 5) is 24.7. The van der Waals surface area contributed by atoms with Crippen LogP contribution in [0.2, 0.25) is 0 Å². The highest BCUT2D eigenvalue weighted by molar-refractivity contribution is 5.97. The normalized spacial score (nSPS) is 23.8. The molecule has 0 N–H and O–H groups in total. The molecule has 3 aliphatic heterocycles. The number of carbonyl (C=O) groups is 1. The van der Waals surface area contributed by atoms with Crippen LogP contribution >= 0.6 is 0 Å². The molecule has 7 heteroatoms. The SMILES string of the molecule is Cn1c(N2CCOCC2)nc2cc(C(=O)N3CCN4CCC[C@H]4C3)ccc21. The number of benzene rings is 1. The zero-order chi connectivity index (χ0) is 18.4. The zero-order valence-electron chi connectivity index (χ0n) is 15.9. The lowest BCUT2D eigenvalue weighted by Crippen LogP contribution is -2.52. The van der Waals surface area contributed by atoms with E-state index in [-0.39, 0.29) is 5.91 Å². The summed E-state index contributed by atoms with van der Waals surface area (Å²) in [7, 11) is 2.04. The van der Waals surface area contributed by atoms with Crippen molar-refractivity contribution in [2.75, 3.05) is 57.4 Å². The number of hydrogen-bond donors (Lipinski definition) is 0. The van der Waals surface area contributed by atoms with E-state index in [1.165, 1.54) is 19.4 Å². The lowest BCUT2D eigenvalue weighted by molar-refractivity contribution is 0.0571. The molecule has 0 unspecified atom stereocenters. The van der Waals surface area contributed by atoms with Gasteiger partial charge >= 0.3 is 0 Å². The summed E-state index contributed by atoms with van der Waals surface area (Å²) in [5, 5.41) is 0. The maximum Gasteiger partial charge on any atom is 0.254 e. The fourth-order valence-corrected chi connectivity index (χ4v) is 4.72. The first kappa shape index (κ1) is 17.0. The second-order valence-corrected chi connectivity index (χ2v) is 7.86. The largest absolute Gasteiger partial charge is 0.378 e. The molecular weight excluding hydrogens is 342 g/mol. The Kier molecular flexibility index (Phi) is 4.28. The van der Waals surface area contributed by atoms with Crippen molar-refractivity contribution in [3.8, 4) is 0 Å². The van der Waals surface area contributed by atoms with Gasteiger partial charge in [-0.1, -0.05) is 0 Å². The molecule has 27 heavy (non-hydrogen) atoms. The fourth-order valence-electron chi connectivity index (χ4n) is 4.72. The summed E-state index contributed by atoms with van der Waals surface area (Å²) in [5.41, 5.74) is 2.71. The summed E-state index contributed by atoms with van der Waals surface area (Å²) < 4.78 is 7.57. The lowest BCUT2D eigenvalue weighted by Gasteiger charge is -2.37. The van der Waals surface area contributed by atoms with E-state index in [1.54, 1.807) is 0 Å². The van der Waals surface area contributed by atoms with Gasteiger partial charge in [0.05, 0.1) is 24.2 Å². The Morgan fingerprint density at radius 3 is 2.85 bits per heavy atom. The predicted octanol–water partition coefficient (Wildman–Crippen LogP) is 1.33. The monoisotopic (exact) mass is 369 g/mol. The molecule has 1 aromatic carbocycles. The Morgan fingerprint density at radius 1 is 1.15 bits per heavy atom. The first-order valence-electron chi connectivity index (χ1n) is 10.0. The minimum absolute atomic E-state index is 0.141. The summed E-state index contributed by atoms with van der Waals surface area (Å²) in [6.45, 7) is 7.07. The van der Waals surface area contributed by atoms with Gasteiger partial charge in [-0.3, -0.25) is 9.69 Å². The molecule has 5 rings (SSSR count). The van der Waals surface area contributed by atoms with E-state index in [0.29, 0.717) is 6.04 Å². The summed E-state index contributed by atoms with van der Waals surface area (Å²) in [6, 6.07) is 6.50. The zero-order valence-corrected chi connectivity index (χ0v) is 15.9. The number of anilines is 1. The van der Waals surface area contributed by atoms with E-state index < -0.39 is 0 Å². The van der Waals surface area contributed by atoms with Gasteiger partial charge < -0.3 is 19.1 Å². The van der Waals surface area contributed by atoms with Gasteiger partial charge in [0, 0.05) is 51.4 Å². The van der Waals surface area contributed by atoms with Crippen molar-refractivity contribution in [3.63, 3.8) is 0 Å². The minimum atomic E-state index is 0.141. The van der Waals surface area contributed by atoms with Crippen molar-refractivity contribution in [1.82, 2.24) is 19.4 Å². The third-order valence-electron chi connectivity index (χ3n) is 6.27. The second-order valence-electron chi connectivity index (χ2n) is 7.86. The van der Waals surface area contributed by atoms with E-state index in [9.17, 15) is 4.79 Å². The highest BCUT2D eigenvalue weighted by Gasteiger charge is 2.33. The van der Waals surface area contributed by atoms with Crippen molar-refractivity contribution >= 4 is 22.9 Å². The predicted molar refractivity (Wildman–Crippen MR) is 104 cm³/mol. The quantitative estimate of drug-likeness (QED) is 0.799. The van der Waals surface area contributed by atoms with Crippen molar-refractivity contribution in [1.29, 1.82) is 0 Å². The van der Waals surface area contributed by atoms with Gasteiger partial charge in [0.25, 0.3) is 5.91 Å². The Hall–Kier alpha value is -2.12. The molecule has 144 valence electrons. The van der Waals surface area contributed by atoms with Crippen molar-refractivity contribution in [2.45, 2.75) is 18.9 Å². The van der Waals surface area contributed by atoms with Crippen LogP contribution in [0.25, 0.3) is 11.0 Å². The maximum atomic E-state index is 13.1. The van der Waals surface area contributed by atoms with Gasteiger partial charge in [-0.05, 0) is 37.6 Å². The number of rotatable bonds is 2. The summed E-state index contributed by atoms with van der Waals surface area (Å²) in [6.07, 6.45) is 2.48. The Balaban J connectivity index is 1.40. The highest BCUT2D eigenvalue weighted by atomic mass is 16.5. The Bertz CT molecular complexity index is 857. The maximum absolute atomic E-state index is 13.1. The van der Waals surface area contributed by atoms with Gasteiger partial charge in [-0.25, -0.2) is 4.98 Å². The average Bonchev–Trinajstić information content (AvgIpc) is 3.31. The van der Waals surface area contributed by atoms with Gasteiger partial charge in [-0.2, -0.15) is 0 Å². The number of ether oxygens (including phenoxy) is 1. The van der Waals surface area contributed by atoms with Crippen LogP contribution in [0, 0.1) is 0 Å². The van der Waals surface area contributed by atoms with Crippen molar-refractivity contribution in [3.05, 3.63) is 23.8 Å². The van der Waals surface area contributed by atoms with Gasteiger partial charge in [-0.15, -0.1) is 0 Å². The molecule has 3 fully saturated rings. The molecule has 7 nitrogen and oxygen atoms in total. The average molecular weight is 369 g/mol. The van der Waals surface area contributed by atoms with Gasteiger partial charge in [0.1, 0.15) is 0 Å². The molecule has 3 aliphatic rings. The molecule has 4 heterocycles. The molecule has 0 saturated carbocycles. The van der Waals surface area contributed by atoms with Crippen LogP contribution < -0.4 is 4.90 Å². The smallest absolute Gasteiger partial charge is 0.254 e. The minimum Gasteiger partial charge on any atom is -0.378 e. The van der Waals surface area contributed by atoms with E-state index in [4.69, 9.17) is 9.72 Å². The summed E-state index contributed by atoms with van der Waals surface area (Å²) in [5.74, 6) is 1.10. The van der Waals surface area contributed by atoms with Crippen LogP contribution in [0.3, 0.4) is 0 Å². The number of hydrogen-bond acceptors (Lipinski definition) is 5. The van der Waals surface area contributed by atoms with E-state index >= 15 is 0 Å². The van der Waals surface area contributed by atoms with Crippen LogP contribution in [-0.2, 0) is 11.8 Å². The number of morpholine rings is 1. The molecule has 0 spiro atoms. The first-order valence-corrected chi connectivity index (χ1v) is 10.0. The highest BCUT2D eigenvalue weighted by Crippen LogP contribution is 2.25. The molecule has 0 bridgehead atoms. The lowest BCUT2D eigenvalue weighted by atomic mass is 10.1. The third-order valence-corrected chi connectivity index (χ3v) is 6.27. The van der Waals surface area contributed by atoms with Gasteiger partial charge in [0.15, 0.2) is 0 Å². The van der Waals surface area contributed by atoms with Crippen LogP contribution in [0.4, 0.5) is 5.95 Å². The molecular formula is C20H27N5O2.